The first kappa shape index (κ1) is 14.0. The molecule has 0 aromatic carbocycles. The van der Waals surface area contributed by atoms with Gasteiger partial charge in [-0.1, -0.05) is 0 Å². The van der Waals surface area contributed by atoms with E-state index in [4.69, 9.17) is 0 Å². The van der Waals surface area contributed by atoms with Gasteiger partial charge in [-0.3, -0.25) is 0 Å². The van der Waals surface area contributed by atoms with E-state index in [9.17, 15) is 0 Å². The van der Waals surface area contributed by atoms with Gasteiger partial charge in [0.25, 0.3) is 0 Å². The number of hydrogen-bond acceptors (Lipinski definition) is 0. The van der Waals surface area contributed by atoms with Crippen molar-refractivity contribution in [3.8, 4) is 0 Å². The molecule has 0 bridgehead atoms. The topological polar surface area (TPSA) is 0 Å². The van der Waals surface area contributed by atoms with E-state index in [1.807, 2.05) is 0 Å². The summed E-state index contributed by atoms with van der Waals surface area (Å²) in [6.45, 7) is 9.61. The molecule has 0 aromatic rings. The van der Waals surface area contributed by atoms with Gasteiger partial charge in [-0.25, -0.2) is 0 Å². The fourth-order valence-electron chi connectivity index (χ4n) is 1.68. The zero-order valence-corrected chi connectivity index (χ0v) is 12.9. The van der Waals surface area contributed by atoms with Crippen LogP contribution in [-0.2, 0) is 0 Å². The summed E-state index contributed by atoms with van der Waals surface area (Å²) in [4.78, 5) is 0. The molecule has 0 unspecified atom stereocenters. The van der Waals surface area contributed by atoms with Gasteiger partial charge in [0.2, 0.25) is 0 Å². The van der Waals surface area contributed by atoms with Gasteiger partial charge in [-0.05, 0) is 0 Å². The number of rotatable bonds is 6. The van der Waals surface area contributed by atoms with Crippen molar-refractivity contribution in [3.05, 3.63) is 0 Å². The van der Waals surface area contributed by atoms with Crippen molar-refractivity contribution in [1.29, 1.82) is 0 Å². The molecule has 2 heteroatoms. The molecule has 0 aliphatic rings. The van der Waals surface area contributed by atoms with Crippen LogP contribution in [0.5, 0.6) is 0 Å². The first-order valence-electron chi connectivity index (χ1n) is 5.35. The van der Waals surface area contributed by atoms with Crippen LogP contribution >= 0.6 is 7.92 Å². The van der Waals surface area contributed by atoms with Crippen molar-refractivity contribution in [1.82, 2.24) is 0 Å². The second-order valence-electron chi connectivity index (χ2n) is 4.58. The SMILES string of the molecule is CC(C)P(CCC[As](C)C)C(C)C. The summed E-state index contributed by atoms with van der Waals surface area (Å²) < 4.78 is 0. The Morgan fingerprint density at radius 3 is 1.77 bits per heavy atom. The van der Waals surface area contributed by atoms with Gasteiger partial charge in [0.1, 0.15) is 0 Å². The summed E-state index contributed by atoms with van der Waals surface area (Å²) in [5.41, 5.74) is 6.81. The summed E-state index contributed by atoms with van der Waals surface area (Å²) in [6.07, 6.45) is 3.03. The maximum absolute atomic E-state index is 2.47. The van der Waals surface area contributed by atoms with Gasteiger partial charge in [-0.2, -0.15) is 0 Å². The van der Waals surface area contributed by atoms with Gasteiger partial charge >= 0.3 is 90.8 Å². The van der Waals surface area contributed by atoms with Crippen LogP contribution in [0.2, 0.25) is 16.6 Å². The Balaban J connectivity index is 3.70. The standard InChI is InChI=1S/C11H26AsP/c1-10(2)13(11(3)4)9-7-8-12(5)6/h10-11H,7-9H2,1-6H3. The Morgan fingerprint density at radius 1 is 1.00 bits per heavy atom. The fraction of sp³-hybridized carbons (Fsp3) is 1.00. The summed E-state index contributed by atoms with van der Waals surface area (Å²) in [6, 6.07) is 0. The normalized spacial score (nSPS) is 12.5. The molecular formula is C11H26AsP. The van der Waals surface area contributed by atoms with Gasteiger partial charge in [0.15, 0.2) is 0 Å². The third-order valence-electron chi connectivity index (χ3n) is 2.35. The van der Waals surface area contributed by atoms with E-state index in [0.717, 1.165) is 11.3 Å². The molecule has 0 aromatic heterocycles. The quantitative estimate of drug-likeness (QED) is 0.492. The van der Waals surface area contributed by atoms with Gasteiger partial charge in [-0.15, -0.1) is 0 Å². The average molecular weight is 264 g/mol. The van der Waals surface area contributed by atoms with E-state index in [0.29, 0.717) is 7.92 Å². The summed E-state index contributed by atoms with van der Waals surface area (Å²) in [5.74, 6) is 0. The molecule has 80 valence electrons. The molecule has 0 rings (SSSR count). The molecule has 13 heavy (non-hydrogen) atoms. The van der Waals surface area contributed by atoms with Crippen LogP contribution in [0.3, 0.4) is 0 Å². The Labute approximate surface area is 90.9 Å². The molecule has 0 amide bonds. The zero-order valence-electron chi connectivity index (χ0n) is 10.2. The van der Waals surface area contributed by atoms with Crippen LogP contribution in [0.4, 0.5) is 0 Å². The predicted molar refractivity (Wildman–Crippen MR) is 69.0 cm³/mol. The zero-order chi connectivity index (χ0) is 10.4. The van der Waals surface area contributed by atoms with Gasteiger partial charge in [0, 0.05) is 0 Å². The monoisotopic (exact) mass is 264 g/mol. The summed E-state index contributed by atoms with van der Waals surface area (Å²) >= 11 is -0.340. The molecule has 0 saturated heterocycles. The minimum atomic E-state index is -0.340. The molecule has 0 aliphatic heterocycles. The van der Waals surface area contributed by atoms with E-state index >= 15 is 0 Å². The second kappa shape index (κ2) is 7.30. The van der Waals surface area contributed by atoms with Crippen LogP contribution < -0.4 is 0 Å². The predicted octanol–water partition coefficient (Wildman–Crippen LogP) is 4.43. The molecule has 0 nitrogen and oxygen atoms in total. The summed E-state index contributed by atoms with van der Waals surface area (Å²) in [5, 5.41) is 1.56. The minimum absolute atomic E-state index is 0.314. The van der Waals surface area contributed by atoms with Crippen LogP contribution in [0, 0.1) is 0 Å². The van der Waals surface area contributed by atoms with E-state index in [1.54, 1.807) is 5.21 Å². The van der Waals surface area contributed by atoms with E-state index in [1.165, 1.54) is 12.6 Å². The van der Waals surface area contributed by atoms with Crippen molar-refractivity contribution in [2.75, 3.05) is 6.16 Å². The van der Waals surface area contributed by atoms with Crippen molar-refractivity contribution in [3.63, 3.8) is 0 Å². The molecule has 0 heterocycles. The Hall–Kier alpha value is 0.988. The molecule has 0 spiro atoms. The van der Waals surface area contributed by atoms with Crippen molar-refractivity contribution >= 4 is 22.6 Å². The third-order valence-corrected chi connectivity index (χ3v) is 8.37. The molecule has 0 aliphatic carbocycles. The fourth-order valence-corrected chi connectivity index (χ4v) is 6.63. The van der Waals surface area contributed by atoms with Crippen LogP contribution in [0.15, 0.2) is 0 Å². The van der Waals surface area contributed by atoms with Crippen LogP contribution in [0.1, 0.15) is 34.1 Å². The first-order valence-corrected chi connectivity index (χ1v) is 12.1. The molecule has 0 atom stereocenters. The van der Waals surface area contributed by atoms with Crippen molar-refractivity contribution in [2.45, 2.75) is 62.1 Å². The third kappa shape index (κ3) is 6.98. The Morgan fingerprint density at radius 2 is 1.46 bits per heavy atom. The molecule has 0 N–H and O–H groups in total. The summed E-state index contributed by atoms with van der Waals surface area (Å²) in [7, 11) is 0.314. The molecule has 0 saturated carbocycles. The first-order chi connectivity index (χ1) is 5.95. The second-order valence-corrected chi connectivity index (χ2v) is 13.6. The number of hydrogen-bond donors (Lipinski definition) is 0. The van der Waals surface area contributed by atoms with Crippen molar-refractivity contribution in [2.24, 2.45) is 0 Å². The van der Waals surface area contributed by atoms with E-state index in [2.05, 4.69) is 39.1 Å². The van der Waals surface area contributed by atoms with Gasteiger partial charge in [0.05, 0.1) is 0 Å². The molecule has 0 fully saturated rings. The van der Waals surface area contributed by atoms with Crippen LogP contribution in [-0.4, -0.2) is 32.1 Å². The van der Waals surface area contributed by atoms with Crippen LogP contribution in [0.25, 0.3) is 0 Å². The molecule has 0 radical (unpaired) electrons. The Bertz CT molecular complexity index is 113. The van der Waals surface area contributed by atoms with Crippen molar-refractivity contribution < 1.29 is 0 Å². The maximum atomic E-state index is 2.47. The van der Waals surface area contributed by atoms with Gasteiger partial charge < -0.3 is 0 Å². The van der Waals surface area contributed by atoms with E-state index in [-0.39, 0.29) is 14.7 Å². The van der Waals surface area contributed by atoms with E-state index < -0.39 is 0 Å². The average Bonchev–Trinajstić information content (AvgIpc) is 1.95. The molecular weight excluding hydrogens is 238 g/mol. The Kier molecular flexibility index (Phi) is 7.86.